The number of nitrogens with one attached hydrogen (secondary N) is 1. The number of hydrazine groups is 1. The second-order valence-electron chi connectivity index (χ2n) is 4.99. The third kappa shape index (κ3) is 2.75. The van der Waals surface area contributed by atoms with E-state index < -0.39 is 0 Å². The second-order valence-corrected chi connectivity index (χ2v) is 4.99. The molecule has 6 nitrogen and oxygen atoms in total. The molecule has 0 aliphatic carbocycles. The van der Waals surface area contributed by atoms with E-state index in [0.717, 1.165) is 37.4 Å². The van der Waals surface area contributed by atoms with Gasteiger partial charge in [-0.1, -0.05) is 6.92 Å². The maximum absolute atomic E-state index is 5.79. The Bertz CT molecular complexity index is 407. The van der Waals surface area contributed by atoms with Gasteiger partial charge in [0.25, 0.3) is 0 Å². The zero-order valence-corrected chi connectivity index (χ0v) is 11.9. The highest BCUT2D eigenvalue weighted by Crippen LogP contribution is 2.36. The van der Waals surface area contributed by atoms with Crippen LogP contribution in [0.3, 0.4) is 0 Å². The van der Waals surface area contributed by atoms with Crippen LogP contribution in [0.5, 0.6) is 5.75 Å². The fraction of sp³-hybridized carbons (Fsp3) is 0.769. The van der Waals surface area contributed by atoms with Gasteiger partial charge in [-0.15, -0.1) is 0 Å². The van der Waals surface area contributed by atoms with Crippen molar-refractivity contribution >= 4 is 0 Å². The van der Waals surface area contributed by atoms with Crippen LogP contribution in [-0.2, 0) is 11.3 Å². The minimum absolute atomic E-state index is 0.00139. The molecule has 1 fully saturated rings. The van der Waals surface area contributed by atoms with Gasteiger partial charge in [0, 0.05) is 19.1 Å². The summed E-state index contributed by atoms with van der Waals surface area (Å²) in [6, 6.07) is 0.00139. The first-order valence-corrected chi connectivity index (χ1v) is 6.90. The van der Waals surface area contributed by atoms with E-state index in [1.54, 1.807) is 13.3 Å². The molecule has 1 saturated heterocycles. The van der Waals surface area contributed by atoms with Crippen molar-refractivity contribution in [2.24, 2.45) is 11.8 Å². The zero-order chi connectivity index (χ0) is 13.8. The number of nitrogens with zero attached hydrogens (tertiary/aromatic N) is 2. The van der Waals surface area contributed by atoms with Crippen molar-refractivity contribution < 1.29 is 9.47 Å². The van der Waals surface area contributed by atoms with Crippen molar-refractivity contribution in [2.75, 3.05) is 13.7 Å². The molecule has 1 aliphatic rings. The summed E-state index contributed by atoms with van der Waals surface area (Å²) in [5, 5.41) is 4.40. The molecule has 1 aliphatic heterocycles. The Morgan fingerprint density at radius 3 is 3.00 bits per heavy atom. The Labute approximate surface area is 114 Å². The van der Waals surface area contributed by atoms with Crippen molar-refractivity contribution in [3.63, 3.8) is 0 Å². The van der Waals surface area contributed by atoms with Crippen LogP contribution in [0.25, 0.3) is 0 Å². The topological polar surface area (TPSA) is 74.3 Å². The molecule has 0 aromatic carbocycles. The quantitative estimate of drug-likeness (QED) is 0.599. The average molecular weight is 268 g/mol. The lowest BCUT2D eigenvalue weighted by Crippen LogP contribution is -2.37. The van der Waals surface area contributed by atoms with E-state index in [1.165, 1.54) is 0 Å². The van der Waals surface area contributed by atoms with Crippen molar-refractivity contribution in [3.05, 3.63) is 11.9 Å². The summed E-state index contributed by atoms with van der Waals surface area (Å²) in [4.78, 5) is 0. The van der Waals surface area contributed by atoms with Crippen LogP contribution >= 0.6 is 0 Å². The van der Waals surface area contributed by atoms with Crippen molar-refractivity contribution in [1.82, 2.24) is 15.2 Å². The van der Waals surface area contributed by atoms with Crippen molar-refractivity contribution in [1.29, 1.82) is 0 Å². The molecule has 3 unspecified atom stereocenters. The van der Waals surface area contributed by atoms with Crippen LogP contribution < -0.4 is 16.0 Å². The molecule has 0 amide bonds. The first-order valence-electron chi connectivity index (χ1n) is 6.90. The first-order chi connectivity index (χ1) is 9.22. The van der Waals surface area contributed by atoms with Crippen LogP contribution in [0, 0.1) is 5.92 Å². The maximum Gasteiger partial charge on any atom is 0.161 e. The fourth-order valence-corrected chi connectivity index (χ4v) is 2.83. The summed E-state index contributed by atoms with van der Waals surface area (Å²) in [5.41, 5.74) is 3.95. The second kappa shape index (κ2) is 6.36. The SMILES string of the molecule is CCCn1ncc(OC)c1C(NN)C1CCOC1C. The van der Waals surface area contributed by atoms with Crippen LogP contribution in [-0.4, -0.2) is 29.6 Å². The van der Waals surface area contributed by atoms with E-state index in [9.17, 15) is 0 Å². The minimum atomic E-state index is 0.00139. The van der Waals surface area contributed by atoms with E-state index >= 15 is 0 Å². The number of hydrogen-bond acceptors (Lipinski definition) is 5. The normalized spacial score (nSPS) is 24.6. The van der Waals surface area contributed by atoms with Crippen LogP contribution in [0.1, 0.15) is 38.4 Å². The highest BCUT2D eigenvalue weighted by atomic mass is 16.5. The van der Waals surface area contributed by atoms with Gasteiger partial charge in [0.15, 0.2) is 5.75 Å². The summed E-state index contributed by atoms with van der Waals surface area (Å²) < 4.78 is 13.1. The third-order valence-electron chi connectivity index (χ3n) is 3.84. The molecule has 19 heavy (non-hydrogen) atoms. The molecule has 6 heteroatoms. The van der Waals surface area contributed by atoms with E-state index in [-0.39, 0.29) is 12.1 Å². The van der Waals surface area contributed by atoms with Gasteiger partial charge >= 0.3 is 0 Å². The lowest BCUT2D eigenvalue weighted by Gasteiger charge is -2.26. The number of aromatic nitrogens is 2. The number of hydrogen-bond donors (Lipinski definition) is 2. The van der Waals surface area contributed by atoms with Crippen LogP contribution in [0.15, 0.2) is 6.20 Å². The Balaban J connectivity index is 2.32. The number of rotatable bonds is 6. The summed E-state index contributed by atoms with van der Waals surface area (Å²) >= 11 is 0. The molecule has 0 saturated carbocycles. The largest absolute Gasteiger partial charge is 0.493 e. The number of methoxy groups -OCH3 is 1. The standard InChI is InChI=1S/C13H24N4O2/c1-4-6-17-13(11(18-3)8-15-17)12(16-14)10-5-7-19-9(10)2/h8-10,12,16H,4-7,14H2,1-3H3. The lowest BCUT2D eigenvalue weighted by atomic mass is 9.91. The Morgan fingerprint density at radius 2 is 2.47 bits per heavy atom. The van der Waals surface area contributed by atoms with Gasteiger partial charge < -0.3 is 9.47 Å². The van der Waals surface area contributed by atoms with Gasteiger partial charge in [-0.05, 0) is 19.8 Å². The van der Waals surface area contributed by atoms with Crippen molar-refractivity contribution in [3.8, 4) is 5.75 Å². The van der Waals surface area contributed by atoms with Crippen LogP contribution in [0.4, 0.5) is 0 Å². The summed E-state index contributed by atoms with van der Waals surface area (Å²) in [5.74, 6) is 6.92. The Morgan fingerprint density at radius 1 is 1.68 bits per heavy atom. The molecule has 0 spiro atoms. The Kier molecular flexibility index (Phi) is 4.79. The molecule has 1 aromatic rings. The van der Waals surface area contributed by atoms with Gasteiger partial charge in [-0.3, -0.25) is 16.0 Å². The molecule has 108 valence electrons. The van der Waals surface area contributed by atoms with Gasteiger partial charge in [0.2, 0.25) is 0 Å². The Hall–Kier alpha value is -1.11. The molecule has 0 bridgehead atoms. The fourth-order valence-electron chi connectivity index (χ4n) is 2.83. The van der Waals surface area contributed by atoms with Crippen molar-refractivity contribution in [2.45, 2.75) is 45.4 Å². The predicted octanol–water partition coefficient (Wildman–Crippen LogP) is 1.23. The number of aryl methyl sites for hydroxylation is 1. The molecule has 0 radical (unpaired) electrons. The minimum Gasteiger partial charge on any atom is -0.493 e. The van der Waals surface area contributed by atoms with Gasteiger partial charge in [-0.2, -0.15) is 5.10 Å². The molecule has 3 N–H and O–H groups in total. The molecule has 2 rings (SSSR count). The smallest absolute Gasteiger partial charge is 0.161 e. The monoisotopic (exact) mass is 268 g/mol. The van der Waals surface area contributed by atoms with Gasteiger partial charge in [-0.25, -0.2) is 0 Å². The highest BCUT2D eigenvalue weighted by molar-refractivity contribution is 5.29. The molecule has 1 aromatic heterocycles. The van der Waals surface area contributed by atoms with E-state index in [4.69, 9.17) is 15.3 Å². The molecule has 3 atom stereocenters. The maximum atomic E-state index is 5.79. The molecular formula is C13H24N4O2. The average Bonchev–Trinajstić information content (AvgIpc) is 3.00. The summed E-state index contributed by atoms with van der Waals surface area (Å²) in [6.07, 6.45) is 3.97. The lowest BCUT2D eigenvalue weighted by molar-refractivity contribution is 0.0939. The van der Waals surface area contributed by atoms with E-state index in [1.807, 2.05) is 4.68 Å². The number of nitrogens with two attached hydrogens (primary N) is 1. The predicted molar refractivity (Wildman–Crippen MR) is 72.7 cm³/mol. The van der Waals surface area contributed by atoms with E-state index in [2.05, 4.69) is 24.4 Å². The van der Waals surface area contributed by atoms with E-state index in [0.29, 0.717) is 5.92 Å². The van der Waals surface area contributed by atoms with Gasteiger partial charge in [0.05, 0.1) is 31.1 Å². The first kappa shape index (κ1) is 14.3. The zero-order valence-electron chi connectivity index (χ0n) is 11.9. The van der Waals surface area contributed by atoms with Gasteiger partial charge in [0.1, 0.15) is 0 Å². The third-order valence-corrected chi connectivity index (χ3v) is 3.84. The molecular weight excluding hydrogens is 244 g/mol. The highest BCUT2D eigenvalue weighted by Gasteiger charge is 2.35. The summed E-state index contributed by atoms with van der Waals surface area (Å²) in [6.45, 7) is 5.87. The summed E-state index contributed by atoms with van der Waals surface area (Å²) in [7, 11) is 1.67. The van der Waals surface area contributed by atoms with Crippen LogP contribution in [0.2, 0.25) is 0 Å². The number of ether oxygens (including phenoxy) is 2. The molecule has 2 heterocycles.